The van der Waals surface area contributed by atoms with Crippen LogP contribution in [0, 0.1) is 0 Å². The van der Waals surface area contributed by atoms with Crippen molar-refractivity contribution in [1.29, 1.82) is 0 Å². The van der Waals surface area contributed by atoms with E-state index in [0.29, 0.717) is 16.6 Å². The van der Waals surface area contributed by atoms with Gasteiger partial charge in [-0.05, 0) is 16.7 Å². The van der Waals surface area contributed by atoms with E-state index in [1.54, 1.807) is 6.20 Å². The number of hydrogen-bond donors (Lipinski definition) is 2. The van der Waals surface area contributed by atoms with Crippen LogP contribution in [0.1, 0.15) is 32.6 Å². The van der Waals surface area contributed by atoms with Crippen LogP contribution in [-0.4, -0.2) is 26.3 Å². The van der Waals surface area contributed by atoms with Crippen LogP contribution in [0.5, 0.6) is 0 Å². The predicted molar refractivity (Wildman–Crippen MR) is 119 cm³/mol. The highest BCUT2D eigenvalue weighted by molar-refractivity contribution is 6.03. The molecule has 0 aliphatic heterocycles. The topological polar surface area (TPSA) is 78.9 Å². The third kappa shape index (κ3) is 2.90. The Kier molecular flexibility index (Phi) is 4.56. The molecule has 31 heavy (non-hydrogen) atoms. The second-order valence-electron chi connectivity index (χ2n) is 7.33. The molecule has 5 rings (SSSR count). The third-order valence-corrected chi connectivity index (χ3v) is 5.72. The fraction of sp³-hybridized carbons (Fsp3) is 0.0385. The smallest absolute Gasteiger partial charge is 0.336 e. The lowest BCUT2D eigenvalue weighted by Crippen LogP contribution is -2.33. The molecule has 5 aromatic rings. The molecule has 0 aliphatic rings. The summed E-state index contributed by atoms with van der Waals surface area (Å²) in [6, 6.07) is 29.9. The maximum atomic E-state index is 12.6. The summed E-state index contributed by atoms with van der Waals surface area (Å²) < 4.78 is 0. The van der Waals surface area contributed by atoms with Gasteiger partial charge in [-0.3, -0.25) is 5.10 Å². The lowest BCUT2D eigenvalue weighted by atomic mass is 9.64. The quantitative estimate of drug-likeness (QED) is 0.402. The molecule has 0 bridgehead atoms. The molecule has 0 saturated carbocycles. The van der Waals surface area contributed by atoms with Gasteiger partial charge in [0.2, 0.25) is 0 Å². The van der Waals surface area contributed by atoms with Crippen LogP contribution in [0.25, 0.3) is 11.0 Å². The van der Waals surface area contributed by atoms with Crippen molar-refractivity contribution in [2.75, 3.05) is 0 Å². The molecule has 0 spiro atoms. The first-order valence-corrected chi connectivity index (χ1v) is 9.95. The van der Waals surface area contributed by atoms with Gasteiger partial charge in [0.25, 0.3) is 0 Å². The number of pyridine rings is 1. The number of rotatable bonds is 5. The minimum atomic E-state index is -1.02. The number of aromatic carboxylic acids is 1. The minimum Gasteiger partial charge on any atom is -0.478 e. The Morgan fingerprint density at radius 3 is 1.68 bits per heavy atom. The summed E-state index contributed by atoms with van der Waals surface area (Å²) in [6.07, 6.45) is 3.19. The fourth-order valence-electron chi connectivity index (χ4n) is 4.45. The first-order valence-electron chi connectivity index (χ1n) is 9.95. The van der Waals surface area contributed by atoms with E-state index in [0.717, 1.165) is 16.7 Å². The second kappa shape index (κ2) is 7.54. The van der Waals surface area contributed by atoms with E-state index < -0.39 is 11.4 Å². The molecule has 0 atom stereocenters. The molecule has 150 valence electrons. The number of nitrogens with zero attached hydrogens (tertiary/aromatic N) is 2. The van der Waals surface area contributed by atoms with Crippen molar-refractivity contribution in [3.05, 3.63) is 131 Å². The van der Waals surface area contributed by atoms with E-state index in [2.05, 4.69) is 15.2 Å². The number of fused-ring (bicyclic) bond motifs is 1. The zero-order valence-corrected chi connectivity index (χ0v) is 16.6. The van der Waals surface area contributed by atoms with Crippen LogP contribution < -0.4 is 0 Å². The van der Waals surface area contributed by atoms with Crippen LogP contribution in [0.2, 0.25) is 0 Å². The van der Waals surface area contributed by atoms with Crippen LogP contribution in [-0.2, 0) is 5.41 Å². The van der Waals surface area contributed by atoms with E-state index in [1.165, 1.54) is 6.20 Å². The summed E-state index contributed by atoms with van der Waals surface area (Å²) in [6.45, 7) is 0. The van der Waals surface area contributed by atoms with Crippen LogP contribution >= 0.6 is 0 Å². The molecule has 2 heterocycles. The second-order valence-corrected chi connectivity index (χ2v) is 7.33. The number of H-pyrrole nitrogens is 1. The predicted octanol–water partition coefficient (Wildman–Crippen LogP) is 5.04. The van der Waals surface area contributed by atoms with Crippen molar-refractivity contribution in [2.45, 2.75) is 5.41 Å². The monoisotopic (exact) mass is 405 g/mol. The van der Waals surface area contributed by atoms with Crippen molar-refractivity contribution in [3.63, 3.8) is 0 Å². The Morgan fingerprint density at radius 1 is 0.742 bits per heavy atom. The SMILES string of the molecule is O=C(O)c1c(C(c2ccccc2)(c2ccccc2)c2ccccc2)cnc2[nH]ncc12. The third-order valence-electron chi connectivity index (χ3n) is 5.72. The highest BCUT2D eigenvalue weighted by atomic mass is 16.4. The Hall–Kier alpha value is -4.25. The van der Waals surface area contributed by atoms with Crippen LogP contribution in [0.3, 0.4) is 0 Å². The summed E-state index contributed by atoms with van der Waals surface area (Å²) in [7, 11) is 0. The molecule has 3 aromatic carbocycles. The molecule has 2 N–H and O–H groups in total. The van der Waals surface area contributed by atoms with Gasteiger partial charge in [-0.2, -0.15) is 5.10 Å². The summed E-state index contributed by atoms with van der Waals surface area (Å²) in [5.41, 5.74) is 3.23. The minimum absolute atomic E-state index is 0.190. The summed E-state index contributed by atoms with van der Waals surface area (Å²) in [5.74, 6) is -1.02. The normalized spacial score (nSPS) is 11.5. The maximum absolute atomic E-state index is 12.6. The lowest BCUT2D eigenvalue weighted by molar-refractivity contribution is 0.0697. The van der Waals surface area contributed by atoms with Gasteiger partial charge in [0.05, 0.1) is 22.6 Å². The molecular weight excluding hydrogens is 386 g/mol. The van der Waals surface area contributed by atoms with E-state index in [1.807, 2.05) is 91.0 Å². The summed E-state index contributed by atoms with van der Waals surface area (Å²) in [4.78, 5) is 17.2. The van der Waals surface area contributed by atoms with Gasteiger partial charge in [-0.15, -0.1) is 0 Å². The molecule has 0 aliphatic carbocycles. The Bertz CT molecular complexity index is 1250. The van der Waals surface area contributed by atoms with Gasteiger partial charge in [0.15, 0.2) is 5.65 Å². The van der Waals surface area contributed by atoms with E-state index in [9.17, 15) is 9.90 Å². The summed E-state index contributed by atoms with van der Waals surface area (Å²) >= 11 is 0. The lowest BCUT2D eigenvalue weighted by Gasteiger charge is -2.37. The average molecular weight is 405 g/mol. The van der Waals surface area contributed by atoms with E-state index in [-0.39, 0.29) is 5.56 Å². The van der Waals surface area contributed by atoms with Crippen molar-refractivity contribution in [1.82, 2.24) is 15.2 Å². The molecule has 5 heteroatoms. The standard InChI is InChI=1S/C26H19N3O2/c30-25(31)23-21-16-28-29-24(21)27-17-22(23)26(18-10-4-1-5-11-18,19-12-6-2-7-13-19)20-14-8-3-9-15-20/h1-17H,(H,30,31)(H,27,28,29). The Balaban J connectivity index is 2.01. The number of benzene rings is 3. The summed E-state index contributed by atoms with van der Waals surface area (Å²) in [5, 5.41) is 17.6. The fourth-order valence-corrected chi connectivity index (χ4v) is 4.45. The molecule has 2 aromatic heterocycles. The van der Waals surface area contributed by atoms with E-state index in [4.69, 9.17) is 0 Å². The largest absolute Gasteiger partial charge is 0.478 e. The molecule has 5 nitrogen and oxygen atoms in total. The van der Waals surface area contributed by atoms with Gasteiger partial charge in [0, 0.05) is 11.8 Å². The van der Waals surface area contributed by atoms with Gasteiger partial charge in [-0.1, -0.05) is 91.0 Å². The number of carboxylic acid groups (broad SMARTS) is 1. The zero-order chi connectivity index (χ0) is 21.3. The zero-order valence-electron chi connectivity index (χ0n) is 16.6. The maximum Gasteiger partial charge on any atom is 0.336 e. The molecule has 0 unspecified atom stereocenters. The highest BCUT2D eigenvalue weighted by Crippen LogP contribution is 2.46. The Labute approximate surface area is 179 Å². The van der Waals surface area contributed by atoms with Gasteiger partial charge in [-0.25, -0.2) is 9.78 Å². The number of hydrogen-bond acceptors (Lipinski definition) is 3. The number of aromatic nitrogens is 3. The number of carbonyl (C=O) groups is 1. The number of aromatic amines is 1. The van der Waals surface area contributed by atoms with Crippen LogP contribution in [0.15, 0.2) is 103 Å². The van der Waals surface area contributed by atoms with E-state index >= 15 is 0 Å². The van der Waals surface area contributed by atoms with Crippen molar-refractivity contribution >= 4 is 17.0 Å². The van der Waals surface area contributed by atoms with Gasteiger partial charge < -0.3 is 5.11 Å². The molecule has 0 saturated heterocycles. The van der Waals surface area contributed by atoms with Gasteiger partial charge >= 0.3 is 5.97 Å². The molecule has 0 amide bonds. The number of nitrogens with one attached hydrogen (secondary N) is 1. The average Bonchev–Trinajstić information content (AvgIpc) is 3.30. The van der Waals surface area contributed by atoms with Crippen molar-refractivity contribution < 1.29 is 9.90 Å². The van der Waals surface area contributed by atoms with Crippen molar-refractivity contribution in [2.24, 2.45) is 0 Å². The van der Waals surface area contributed by atoms with Crippen molar-refractivity contribution in [3.8, 4) is 0 Å². The number of carboxylic acids is 1. The molecule has 0 fully saturated rings. The first-order chi connectivity index (χ1) is 15.2. The molecular formula is C26H19N3O2. The first kappa shape index (κ1) is 18.8. The molecule has 0 radical (unpaired) electrons. The van der Waals surface area contributed by atoms with Crippen LogP contribution in [0.4, 0.5) is 0 Å². The highest BCUT2D eigenvalue weighted by Gasteiger charge is 2.42. The Morgan fingerprint density at radius 2 is 1.23 bits per heavy atom. The van der Waals surface area contributed by atoms with Gasteiger partial charge in [0.1, 0.15) is 0 Å².